The van der Waals surface area contributed by atoms with Gasteiger partial charge in [0, 0.05) is 38.4 Å². The molecule has 47 heavy (non-hydrogen) atoms. The average Bonchev–Trinajstić information content (AvgIpc) is 3.65. The Morgan fingerprint density at radius 2 is 0.872 bits per heavy atom. The second-order valence-corrected chi connectivity index (χ2v) is 11.8. The molecule has 0 unspecified atom stereocenters. The normalized spacial score (nSPS) is 11.4. The summed E-state index contributed by atoms with van der Waals surface area (Å²) in [6.45, 7) is 0. The van der Waals surface area contributed by atoms with Crippen LogP contribution in [0.5, 0.6) is 0 Å². The van der Waals surface area contributed by atoms with Crippen molar-refractivity contribution in [2.75, 3.05) is 0 Å². The molecule has 3 aromatic heterocycles. The van der Waals surface area contributed by atoms with Crippen LogP contribution in [-0.2, 0) is 0 Å². The molecule has 0 saturated heterocycles. The first-order chi connectivity index (χ1) is 23.3. The zero-order valence-corrected chi connectivity index (χ0v) is 25.8. The van der Waals surface area contributed by atoms with Gasteiger partial charge in [-0.3, -0.25) is 0 Å². The Kier molecular flexibility index (Phi) is 6.54. The van der Waals surface area contributed by atoms with Crippen LogP contribution >= 0.6 is 11.7 Å². The Hall–Kier alpha value is -6.18. The van der Waals surface area contributed by atoms with E-state index in [1.165, 1.54) is 11.7 Å². The van der Waals surface area contributed by atoms with Crippen molar-refractivity contribution in [3.8, 4) is 56.5 Å². The SMILES string of the molecule is c1ccc(-c2ccc(-c3nc(-c4ccccc4)nc(-c4ccc5c(c4)nc(-c4ccccc4)c4ccc6nsnc6c45)n3)cc2)cc1. The molecule has 0 aliphatic carbocycles. The number of hydrogen-bond acceptors (Lipinski definition) is 7. The molecule has 0 bridgehead atoms. The molecule has 0 fully saturated rings. The van der Waals surface area contributed by atoms with E-state index in [4.69, 9.17) is 24.3 Å². The Bertz CT molecular complexity index is 2550. The van der Waals surface area contributed by atoms with Gasteiger partial charge >= 0.3 is 0 Å². The molecular weight excluding hydrogens is 597 g/mol. The first-order valence-corrected chi connectivity index (χ1v) is 16.0. The number of rotatable bonds is 5. The summed E-state index contributed by atoms with van der Waals surface area (Å²) in [4.78, 5) is 20.2. The second kappa shape index (κ2) is 11.3. The molecule has 220 valence electrons. The second-order valence-electron chi connectivity index (χ2n) is 11.3. The molecule has 9 rings (SSSR count). The van der Waals surface area contributed by atoms with Gasteiger partial charge in [-0.2, -0.15) is 8.75 Å². The van der Waals surface area contributed by atoms with Gasteiger partial charge in [0.15, 0.2) is 17.5 Å². The summed E-state index contributed by atoms with van der Waals surface area (Å²) in [5, 5.41) is 3.10. The fraction of sp³-hybridized carbons (Fsp3) is 0. The third-order valence-electron chi connectivity index (χ3n) is 8.41. The lowest BCUT2D eigenvalue weighted by molar-refractivity contribution is 1.07. The van der Waals surface area contributed by atoms with Crippen LogP contribution in [0.1, 0.15) is 0 Å². The minimum atomic E-state index is 0.583. The van der Waals surface area contributed by atoms with Crippen LogP contribution in [-0.4, -0.2) is 28.7 Å². The first kappa shape index (κ1) is 27.2. The molecule has 6 aromatic carbocycles. The number of fused-ring (bicyclic) bond motifs is 5. The summed E-state index contributed by atoms with van der Waals surface area (Å²) in [5.74, 6) is 1.81. The molecule has 7 heteroatoms. The molecule has 0 aliphatic heterocycles. The average molecular weight is 621 g/mol. The molecule has 0 atom stereocenters. The third kappa shape index (κ3) is 4.90. The van der Waals surface area contributed by atoms with Crippen LogP contribution < -0.4 is 0 Å². The van der Waals surface area contributed by atoms with E-state index in [9.17, 15) is 0 Å². The molecule has 0 aliphatic rings. The van der Waals surface area contributed by atoms with Crippen molar-refractivity contribution in [3.63, 3.8) is 0 Å². The van der Waals surface area contributed by atoms with E-state index in [1.807, 2.05) is 72.8 Å². The fourth-order valence-electron chi connectivity index (χ4n) is 6.09. The summed E-state index contributed by atoms with van der Waals surface area (Å²) in [6.07, 6.45) is 0. The largest absolute Gasteiger partial charge is 0.247 e. The lowest BCUT2D eigenvalue weighted by Crippen LogP contribution is -2.00. The van der Waals surface area contributed by atoms with Gasteiger partial charge in [0.25, 0.3) is 0 Å². The van der Waals surface area contributed by atoms with Gasteiger partial charge in [0.2, 0.25) is 0 Å². The van der Waals surface area contributed by atoms with Crippen molar-refractivity contribution in [2.45, 2.75) is 0 Å². The van der Waals surface area contributed by atoms with Crippen molar-refractivity contribution in [1.82, 2.24) is 28.7 Å². The lowest BCUT2D eigenvalue weighted by Gasteiger charge is -2.12. The highest BCUT2D eigenvalue weighted by atomic mass is 32.1. The van der Waals surface area contributed by atoms with Gasteiger partial charge in [0.05, 0.1) is 22.9 Å². The van der Waals surface area contributed by atoms with E-state index in [0.717, 1.165) is 71.8 Å². The zero-order chi connectivity index (χ0) is 31.2. The Morgan fingerprint density at radius 3 is 1.55 bits per heavy atom. The van der Waals surface area contributed by atoms with E-state index >= 15 is 0 Å². The van der Waals surface area contributed by atoms with Gasteiger partial charge < -0.3 is 0 Å². The van der Waals surface area contributed by atoms with Crippen molar-refractivity contribution >= 4 is 44.4 Å². The summed E-state index contributed by atoms with van der Waals surface area (Å²) < 4.78 is 9.22. The predicted molar refractivity (Wildman–Crippen MR) is 191 cm³/mol. The summed E-state index contributed by atoms with van der Waals surface area (Å²) in [5.41, 5.74) is 9.55. The lowest BCUT2D eigenvalue weighted by atomic mass is 9.98. The van der Waals surface area contributed by atoms with Gasteiger partial charge in [-0.1, -0.05) is 127 Å². The molecule has 0 saturated carbocycles. The third-order valence-corrected chi connectivity index (χ3v) is 8.95. The molecule has 3 heterocycles. The highest BCUT2D eigenvalue weighted by Gasteiger charge is 2.18. The number of hydrogen-bond donors (Lipinski definition) is 0. The highest BCUT2D eigenvalue weighted by Crippen LogP contribution is 2.38. The molecule has 0 radical (unpaired) electrons. The maximum absolute atomic E-state index is 5.23. The minimum Gasteiger partial charge on any atom is -0.247 e. The van der Waals surface area contributed by atoms with E-state index in [2.05, 4.69) is 77.2 Å². The van der Waals surface area contributed by atoms with Crippen molar-refractivity contribution in [3.05, 3.63) is 146 Å². The monoisotopic (exact) mass is 620 g/mol. The standard InChI is InChI=1S/C40H24N6S/c1-4-10-25(11-5-1)26-16-18-29(19-17-26)39-42-38(28-14-8-3-9-15-28)43-40(44-39)30-20-21-31-34(24-30)41-36(27-12-6-2-7-13-27)32-22-23-33-37(35(31)32)46-47-45-33/h1-24H. The van der Waals surface area contributed by atoms with Crippen LogP contribution in [0.25, 0.3) is 89.3 Å². The van der Waals surface area contributed by atoms with E-state index < -0.39 is 0 Å². The molecule has 6 nitrogen and oxygen atoms in total. The maximum atomic E-state index is 5.23. The molecule has 0 amide bonds. The van der Waals surface area contributed by atoms with Crippen LogP contribution in [0, 0.1) is 0 Å². The number of benzene rings is 6. The quantitative estimate of drug-likeness (QED) is 0.178. The minimum absolute atomic E-state index is 0.583. The number of pyridine rings is 1. The van der Waals surface area contributed by atoms with Crippen LogP contribution in [0.2, 0.25) is 0 Å². The predicted octanol–water partition coefficient (Wildman–Crippen LogP) is 9.91. The fourth-order valence-corrected chi connectivity index (χ4v) is 6.63. The Balaban J connectivity index is 1.24. The number of nitrogens with zero attached hydrogens (tertiary/aromatic N) is 6. The molecule has 0 spiro atoms. The summed E-state index contributed by atoms with van der Waals surface area (Å²) in [7, 11) is 0. The molecule has 9 aromatic rings. The smallest absolute Gasteiger partial charge is 0.164 e. The highest BCUT2D eigenvalue weighted by molar-refractivity contribution is 7.00. The van der Waals surface area contributed by atoms with E-state index in [1.54, 1.807) is 0 Å². The van der Waals surface area contributed by atoms with Gasteiger partial charge in [-0.05, 0) is 29.3 Å². The van der Waals surface area contributed by atoms with E-state index in [0.29, 0.717) is 17.5 Å². The summed E-state index contributed by atoms with van der Waals surface area (Å²) in [6, 6.07) is 49.4. The van der Waals surface area contributed by atoms with Crippen molar-refractivity contribution < 1.29 is 0 Å². The number of aromatic nitrogens is 6. The zero-order valence-electron chi connectivity index (χ0n) is 24.9. The van der Waals surface area contributed by atoms with Crippen LogP contribution in [0.15, 0.2) is 146 Å². The van der Waals surface area contributed by atoms with Crippen LogP contribution in [0.4, 0.5) is 0 Å². The van der Waals surface area contributed by atoms with Gasteiger partial charge in [-0.25, -0.2) is 19.9 Å². The molecular formula is C40H24N6S. The first-order valence-electron chi connectivity index (χ1n) is 15.3. The Labute approximate surface area is 274 Å². The maximum Gasteiger partial charge on any atom is 0.164 e. The van der Waals surface area contributed by atoms with E-state index in [-0.39, 0.29) is 0 Å². The summed E-state index contributed by atoms with van der Waals surface area (Å²) >= 11 is 1.23. The Morgan fingerprint density at radius 1 is 0.362 bits per heavy atom. The van der Waals surface area contributed by atoms with Gasteiger partial charge in [0.1, 0.15) is 11.0 Å². The van der Waals surface area contributed by atoms with Gasteiger partial charge in [-0.15, -0.1) is 0 Å². The van der Waals surface area contributed by atoms with Crippen LogP contribution in [0.3, 0.4) is 0 Å². The van der Waals surface area contributed by atoms with Crippen molar-refractivity contribution in [2.24, 2.45) is 0 Å². The molecule has 0 N–H and O–H groups in total. The topological polar surface area (TPSA) is 77.3 Å². The van der Waals surface area contributed by atoms with Crippen molar-refractivity contribution in [1.29, 1.82) is 0 Å².